The van der Waals surface area contributed by atoms with Crippen LogP contribution in [0.3, 0.4) is 0 Å². The molecule has 1 aromatic rings. The number of aromatic hydroxyl groups is 1. The number of phenols is 1. The summed E-state index contributed by atoms with van der Waals surface area (Å²) in [6.07, 6.45) is 10.7. The number of hydrogen-bond donors (Lipinski definition) is 1. The van der Waals surface area contributed by atoms with Gasteiger partial charge in [0.15, 0.2) is 11.5 Å². The van der Waals surface area contributed by atoms with Gasteiger partial charge in [0.1, 0.15) is 0 Å². The lowest BCUT2D eigenvalue weighted by atomic mass is 9.70. The van der Waals surface area contributed by atoms with Gasteiger partial charge in [-0.1, -0.05) is 18.2 Å². The molecule has 0 bridgehead atoms. The molecule has 1 aromatic carbocycles. The first-order valence-corrected chi connectivity index (χ1v) is 8.53. The summed E-state index contributed by atoms with van der Waals surface area (Å²) in [6.45, 7) is 1.86. The van der Waals surface area contributed by atoms with Gasteiger partial charge in [0.05, 0.1) is 6.61 Å². The van der Waals surface area contributed by atoms with Crippen LogP contribution in [0.4, 0.5) is 0 Å². The topological polar surface area (TPSA) is 32.7 Å². The number of likely N-dealkylation sites (N-methyl/N-ethyl adjacent to an activating group) is 1. The molecule has 0 amide bonds. The van der Waals surface area contributed by atoms with Gasteiger partial charge >= 0.3 is 0 Å². The summed E-state index contributed by atoms with van der Waals surface area (Å²) < 4.78 is 5.75. The van der Waals surface area contributed by atoms with Crippen molar-refractivity contribution in [2.24, 2.45) is 5.92 Å². The van der Waals surface area contributed by atoms with Crippen LogP contribution in [-0.2, 0) is 5.41 Å². The molecule has 1 aliphatic heterocycles. The Hall–Kier alpha value is -1.48. The van der Waals surface area contributed by atoms with Crippen LogP contribution in [0.5, 0.6) is 11.5 Å². The van der Waals surface area contributed by atoms with Crippen molar-refractivity contribution in [3.8, 4) is 11.5 Å². The fourth-order valence-corrected chi connectivity index (χ4v) is 4.15. The van der Waals surface area contributed by atoms with E-state index in [4.69, 9.17) is 4.74 Å². The van der Waals surface area contributed by atoms with Crippen LogP contribution < -0.4 is 4.74 Å². The average Bonchev–Trinajstić information content (AvgIpc) is 3.30. The first-order chi connectivity index (χ1) is 10.7. The van der Waals surface area contributed by atoms with Crippen molar-refractivity contribution in [2.75, 3.05) is 20.2 Å². The normalized spacial score (nSPS) is 31.2. The van der Waals surface area contributed by atoms with Gasteiger partial charge in [0.25, 0.3) is 0 Å². The van der Waals surface area contributed by atoms with E-state index in [2.05, 4.69) is 30.2 Å². The van der Waals surface area contributed by atoms with Crippen LogP contribution in [0.25, 0.3) is 0 Å². The summed E-state index contributed by atoms with van der Waals surface area (Å²) in [5.41, 5.74) is 1.30. The maximum atomic E-state index is 10.4. The summed E-state index contributed by atoms with van der Waals surface area (Å²) in [4.78, 5) is 2.47. The minimum Gasteiger partial charge on any atom is -0.504 e. The number of phenolic OH excluding ortho intramolecular Hbond substituents is 1. The average molecular weight is 299 g/mol. The van der Waals surface area contributed by atoms with E-state index in [1.807, 2.05) is 12.1 Å². The van der Waals surface area contributed by atoms with E-state index in [0.29, 0.717) is 23.5 Å². The fourth-order valence-electron chi connectivity index (χ4n) is 4.15. The molecule has 118 valence electrons. The summed E-state index contributed by atoms with van der Waals surface area (Å²) >= 11 is 0. The molecule has 1 heterocycles. The van der Waals surface area contributed by atoms with Crippen LogP contribution in [-0.4, -0.2) is 36.2 Å². The van der Waals surface area contributed by atoms with Gasteiger partial charge in [-0.05, 0) is 69.3 Å². The van der Waals surface area contributed by atoms with Gasteiger partial charge in [-0.2, -0.15) is 0 Å². The third-order valence-corrected chi connectivity index (χ3v) is 5.69. The number of hydrogen-bond acceptors (Lipinski definition) is 3. The van der Waals surface area contributed by atoms with Gasteiger partial charge in [0.2, 0.25) is 0 Å². The Labute approximate surface area is 132 Å². The molecule has 1 N–H and O–H groups in total. The Morgan fingerprint density at radius 2 is 2.18 bits per heavy atom. The minimum atomic E-state index is 0.0690. The molecule has 3 heteroatoms. The molecular formula is C19H25NO2. The van der Waals surface area contributed by atoms with Crippen molar-refractivity contribution in [1.82, 2.24) is 4.90 Å². The summed E-state index contributed by atoms with van der Waals surface area (Å²) in [5.74, 6) is 1.63. The Balaban J connectivity index is 1.62. The highest BCUT2D eigenvalue weighted by Gasteiger charge is 2.46. The standard InChI is InChI=1S/C19H25NO2/c1-20-11-10-19(9-3-2-4-18(19)20)15-7-8-17(16(21)12-15)22-13-14-5-6-14/h3,7-9,12,14,18,21H,2,4-6,10-11,13H2,1H3/t18?,19-/m0/s1. The number of allylic oxidation sites excluding steroid dienone is 1. The van der Waals surface area contributed by atoms with Crippen molar-refractivity contribution in [2.45, 2.75) is 43.6 Å². The monoisotopic (exact) mass is 299 g/mol. The molecule has 3 aliphatic rings. The molecule has 2 fully saturated rings. The van der Waals surface area contributed by atoms with E-state index in [0.717, 1.165) is 26.0 Å². The van der Waals surface area contributed by atoms with E-state index >= 15 is 0 Å². The highest BCUT2D eigenvalue weighted by molar-refractivity contribution is 5.47. The van der Waals surface area contributed by atoms with Gasteiger partial charge in [0, 0.05) is 11.5 Å². The van der Waals surface area contributed by atoms with Crippen molar-refractivity contribution < 1.29 is 9.84 Å². The highest BCUT2D eigenvalue weighted by atomic mass is 16.5. The second kappa shape index (κ2) is 5.31. The van der Waals surface area contributed by atoms with Crippen molar-refractivity contribution in [3.63, 3.8) is 0 Å². The molecule has 0 radical (unpaired) electrons. The van der Waals surface area contributed by atoms with Crippen LogP contribution in [0.2, 0.25) is 0 Å². The second-order valence-corrected chi connectivity index (χ2v) is 7.20. The van der Waals surface area contributed by atoms with Gasteiger partial charge in [-0.15, -0.1) is 0 Å². The van der Waals surface area contributed by atoms with E-state index in [9.17, 15) is 5.11 Å². The summed E-state index contributed by atoms with van der Waals surface area (Å²) in [5, 5.41) is 10.4. The first kappa shape index (κ1) is 14.1. The maximum absolute atomic E-state index is 10.4. The Kier molecular flexibility index (Phi) is 3.41. The van der Waals surface area contributed by atoms with E-state index in [1.165, 1.54) is 24.8 Å². The molecule has 0 spiro atoms. The molecular weight excluding hydrogens is 274 g/mol. The Morgan fingerprint density at radius 1 is 1.32 bits per heavy atom. The number of ether oxygens (including phenoxy) is 1. The maximum Gasteiger partial charge on any atom is 0.160 e. The minimum absolute atomic E-state index is 0.0690. The zero-order valence-electron chi connectivity index (χ0n) is 13.3. The van der Waals surface area contributed by atoms with E-state index in [-0.39, 0.29) is 5.41 Å². The third-order valence-electron chi connectivity index (χ3n) is 5.69. The number of fused-ring (bicyclic) bond motifs is 1. The van der Waals surface area contributed by atoms with Crippen molar-refractivity contribution in [1.29, 1.82) is 0 Å². The van der Waals surface area contributed by atoms with Gasteiger partial charge in [-0.25, -0.2) is 0 Å². The highest BCUT2D eigenvalue weighted by Crippen LogP contribution is 2.46. The van der Waals surface area contributed by atoms with E-state index in [1.54, 1.807) is 0 Å². The van der Waals surface area contributed by atoms with Crippen molar-refractivity contribution >= 4 is 0 Å². The van der Waals surface area contributed by atoms with Crippen LogP contribution >= 0.6 is 0 Å². The zero-order chi connectivity index (χ0) is 15.2. The number of benzene rings is 1. The molecule has 1 saturated heterocycles. The lowest BCUT2D eigenvalue weighted by Crippen LogP contribution is -2.41. The second-order valence-electron chi connectivity index (χ2n) is 7.20. The lowest BCUT2D eigenvalue weighted by molar-refractivity contribution is 0.248. The largest absolute Gasteiger partial charge is 0.504 e. The van der Waals surface area contributed by atoms with E-state index < -0.39 is 0 Å². The Bertz CT molecular complexity index is 593. The van der Waals surface area contributed by atoms with Gasteiger partial charge < -0.3 is 14.7 Å². The SMILES string of the molecule is CN1CC[C@]2(c3ccc(OCC4CC4)c(O)c3)C=CCCC12. The van der Waals surface area contributed by atoms with Crippen molar-refractivity contribution in [3.05, 3.63) is 35.9 Å². The molecule has 2 aliphatic carbocycles. The smallest absolute Gasteiger partial charge is 0.160 e. The van der Waals surface area contributed by atoms with Crippen LogP contribution in [0.1, 0.15) is 37.7 Å². The molecule has 3 nitrogen and oxygen atoms in total. The number of rotatable bonds is 4. The molecule has 4 rings (SSSR count). The van der Waals surface area contributed by atoms with Crippen LogP contribution in [0, 0.1) is 5.92 Å². The summed E-state index contributed by atoms with van der Waals surface area (Å²) in [7, 11) is 2.22. The van der Waals surface area contributed by atoms with Crippen LogP contribution in [0.15, 0.2) is 30.4 Å². The number of nitrogens with zero attached hydrogens (tertiary/aromatic N) is 1. The molecule has 0 aromatic heterocycles. The quantitative estimate of drug-likeness (QED) is 0.864. The number of likely N-dealkylation sites (tertiary alicyclic amines) is 1. The summed E-state index contributed by atoms with van der Waals surface area (Å²) in [6, 6.07) is 6.60. The predicted octanol–water partition coefficient (Wildman–Crippen LogP) is 3.47. The fraction of sp³-hybridized carbons (Fsp3) is 0.579. The lowest BCUT2D eigenvalue weighted by Gasteiger charge is -2.38. The predicted molar refractivity (Wildman–Crippen MR) is 87.4 cm³/mol. The first-order valence-electron chi connectivity index (χ1n) is 8.53. The molecule has 1 saturated carbocycles. The molecule has 1 unspecified atom stereocenters. The molecule has 2 atom stereocenters. The third kappa shape index (κ3) is 2.32. The molecule has 22 heavy (non-hydrogen) atoms. The van der Waals surface area contributed by atoms with Gasteiger partial charge in [-0.3, -0.25) is 0 Å². The zero-order valence-corrected chi connectivity index (χ0v) is 13.3. The Morgan fingerprint density at radius 3 is 2.95 bits per heavy atom.